The second-order valence-corrected chi connectivity index (χ2v) is 4.31. The molecule has 0 saturated carbocycles. The third-order valence-electron chi connectivity index (χ3n) is 2.87. The van der Waals surface area contributed by atoms with Crippen LogP contribution in [-0.4, -0.2) is 23.1 Å². The molecule has 110 valence electrons. The van der Waals surface area contributed by atoms with Crippen molar-refractivity contribution in [2.75, 3.05) is 18.5 Å². The summed E-state index contributed by atoms with van der Waals surface area (Å²) in [5.74, 6) is 1.35. The molecule has 0 radical (unpaired) electrons. The number of nitro groups is 1. The van der Waals surface area contributed by atoms with E-state index in [9.17, 15) is 10.1 Å². The molecule has 0 spiro atoms. The first-order valence-electron chi connectivity index (χ1n) is 6.78. The van der Waals surface area contributed by atoms with Crippen molar-refractivity contribution in [3.05, 3.63) is 46.5 Å². The molecule has 21 heavy (non-hydrogen) atoms. The van der Waals surface area contributed by atoms with E-state index in [0.29, 0.717) is 30.2 Å². The van der Waals surface area contributed by atoms with Crippen molar-refractivity contribution in [2.45, 2.75) is 13.8 Å². The van der Waals surface area contributed by atoms with E-state index >= 15 is 0 Å². The molecular formula is C15H17N3O3. The number of pyridine rings is 1. The molecule has 2 aromatic rings. The van der Waals surface area contributed by atoms with Crippen molar-refractivity contribution in [2.24, 2.45) is 0 Å². The molecule has 0 unspecified atom stereocenters. The Bertz CT molecular complexity index is 627. The van der Waals surface area contributed by atoms with Gasteiger partial charge in [0.2, 0.25) is 0 Å². The van der Waals surface area contributed by atoms with Gasteiger partial charge in [-0.1, -0.05) is 0 Å². The lowest BCUT2D eigenvalue weighted by Gasteiger charge is -2.08. The summed E-state index contributed by atoms with van der Waals surface area (Å²) in [4.78, 5) is 15.1. The summed E-state index contributed by atoms with van der Waals surface area (Å²) < 4.78 is 5.37. The minimum absolute atomic E-state index is 0.0131. The zero-order valence-corrected chi connectivity index (χ0v) is 12.0. The third kappa shape index (κ3) is 3.47. The second kappa shape index (κ2) is 6.69. The lowest BCUT2D eigenvalue weighted by molar-refractivity contribution is -0.384. The highest BCUT2D eigenvalue weighted by molar-refractivity contribution is 5.71. The van der Waals surface area contributed by atoms with Crippen molar-refractivity contribution < 1.29 is 9.66 Å². The maximum atomic E-state index is 11.2. The molecule has 0 atom stereocenters. The highest BCUT2D eigenvalue weighted by Gasteiger charge is 2.17. The van der Waals surface area contributed by atoms with Crippen LogP contribution in [0.25, 0.3) is 11.3 Å². The fourth-order valence-electron chi connectivity index (χ4n) is 1.97. The Morgan fingerprint density at radius 3 is 2.48 bits per heavy atom. The maximum absolute atomic E-state index is 11.2. The Morgan fingerprint density at radius 2 is 1.90 bits per heavy atom. The Kier molecular flexibility index (Phi) is 4.71. The number of aromatic nitrogens is 1. The van der Waals surface area contributed by atoms with Crippen molar-refractivity contribution in [1.82, 2.24) is 4.98 Å². The molecule has 1 aromatic heterocycles. The van der Waals surface area contributed by atoms with Crippen LogP contribution in [0.5, 0.6) is 5.75 Å². The monoisotopic (exact) mass is 287 g/mol. The number of ether oxygens (including phenoxy) is 1. The zero-order chi connectivity index (χ0) is 15.2. The fourth-order valence-corrected chi connectivity index (χ4v) is 1.97. The SMILES string of the molecule is CCNc1ccc([N+](=O)[O-])c(-c2ccc(OCC)cc2)n1. The Morgan fingerprint density at radius 1 is 1.19 bits per heavy atom. The van der Waals surface area contributed by atoms with Gasteiger partial charge in [0.05, 0.1) is 11.5 Å². The zero-order valence-electron chi connectivity index (χ0n) is 12.0. The van der Waals surface area contributed by atoms with Gasteiger partial charge < -0.3 is 10.1 Å². The quantitative estimate of drug-likeness (QED) is 0.650. The standard InChI is InChI=1S/C15H17N3O3/c1-3-16-14-10-9-13(18(19)20)15(17-14)11-5-7-12(8-6-11)21-4-2/h5-10H,3-4H2,1-2H3,(H,16,17). The number of hydrogen-bond acceptors (Lipinski definition) is 5. The number of hydrogen-bond donors (Lipinski definition) is 1. The van der Waals surface area contributed by atoms with Gasteiger partial charge in [-0.05, 0) is 44.2 Å². The molecule has 0 aliphatic rings. The number of rotatable bonds is 6. The average molecular weight is 287 g/mol. The minimum Gasteiger partial charge on any atom is -0.494 e. The molecule has 0 fully saturated rings. The van der Waals surface area contributed by atoms with Crippen LogP contribution in [0.15, 0.2) is 36.4 Å². The van der Waals surface area contributed by atoms with Gasteiger partial charge in [-0.15, -0.1) is 0 Å². The van der Waals surface area contributed by atoms with Crippen molar-refractivity contribution in [1.29, 1.82) is 0 Å². The van der Waals surface area contributed by atoms with Crippen LogP contribution in [0, 0.1) is 10.1 Å². The molecular weight excluding hydrogens is 270 g/mol. The summed E-state index contributed by atoms with van der Waals surface area (Å²) in [7, 11) is 0. The summed E-state index contributed by atoms with van der Waals surface area (Å²) in [5, 5.41) is 14.2. The highest BCUT2D eigenvalue weighted by atomic mass is 16.6. The van der Waals surface area contributed by atoms with Gasteiger partial charge in [0.15, 0.2) is 5.69 Å². The average Bonchev–Trinajstić information content (AvgIpc) is 2.48. The molecule has 0 bridgehead atoms. The van der Waals surface area contributed by atoms with Gasteiger partial charge in [-0.25, -0.2) is 4.98 Å². The molecule has 1 N–H and O–H groups in total. The molecule has 6 nitrogen and oxygen atoms in total. The predicted octanol–water partition coefficient (Wildman–Crippen LogP) is 3.49. The highest BCUT2D eigenvalue weighted by Crippen LogP contribution is 2.30. The van der Waals surface area contributed by atoms with Crippen LogP contribution in [0.1, 0.15) is 13.8 Å². The third-order valence-corrected chi connectivity index (χ3v) is 2.87. The van der Waals surface area contributed by atoms with E-state index in [1.807, 2.05) is 13.8 Å². The minimum atomic E-state index is -0.422. The van der Waals surface area contributed by atoms with Crippen molar-refractivity contribution >= 4 is 11.5 Å². The van der Waals surface area contributed by atoms with Crippen LogP contribution in [0.2, 0.25) is 0 Å². The van der Waals surface area contributed by atoms with Gasteiger partial charge in [0.25, 0.3) is 5.69 Å². The van der Waals surface area contributed by atoms with E-state index in [2.05, 4.69) is 10.3 Å². The van der Waals surface area contributed by atoms with Crippen LogP contribution < -0.4 is 10.1 Å². The lowest BCUT2D eigenvalue weighted by Crippen LogP contribution is -2.02. The molecule has 0 amide bonds. The van der Waals surface area contributed by atoms with Gasteiger partial charge in [0, 0.05) is 18.2 Å². The first kappa shape index (κ1) is 14.8. The van der Waals surface area contributed by atoms with Crippen LogP contribution in [0.3, 0.4) is 0 Å². The Labute approximate surface area is 122 Å². The van der Waals surface area contributed by atoms with Gasteiger partial charge in [0.1, 0.15) is 11.6 Å². The van der Waals surface area contributed by atoms with E-state index in [0.717, 1.165) is 5.75 Å². The summed E-state index contributed by atoms with van der Waals surface area (Å²) in [5.41, 5.74) is 1.02. The molecule has 2 rings (SSSR count). The lowest BCUT2D eigenvalue weighted by atomic mass is 10.1. The van der Waals surface area contributed by atoms with E-state index in [4.69, 9.17) is 4.74 Å². The van der Waals surface area contributed by atoms with Crippen LogP contribution >= 0.6 is 0 Å². The Balaban J connectivity index is 2.43. The van der Waals surface area contributed by atoms with Crippen LogP contribution in [-0.2, 0) is 0 Å². The Hall–Kier alpha value is -2.63. The largest absolute Gasteiger partial charge is 0.494 e. The van der Waals surface area contributed by atoms with Gasteiger partial charge in [-0.2, -0.15) is 0 Å². The second-order valence-electron chi connectivity index (χ2n) is 4.31. The number of benzene rings is 1. The summed E-state index contributed by atoms with van der Waals surface area (Å²) >= 11 is 0. The normalized spacial score (nSPS) is 10.2. The summed E-state index contributed by atoms with van der Waals surface area (Å²) in [6, 6.07) is 10.2. The maximum Gasteiger partial charge on any atom is 0.295 e. The molecule has 0 aliphatic carbocycles. The van der Waals surface area contributed by atoms with Crippen LogP contribution in [0.4, 0.5) is 11.5 Å². The van der Waals surface area contributed by atoms with E-state index in [1.165, 1.54) is 6.07 Å². The first-order chi connectivity index (χ1) is 10.2. The summed E-state index contributed by atoms with van der Waals surface area (Å²) in [6.45, 7) is 5.13. The molecule has 1 aromatic carbocycles. The molecule has 6 heteroatoms. The number of nitrogens with one attached hydrogen (secondary N) is 1. The van der Waals surface area contributed by atoms with Crippen molar-refractivity contribution in [3.63, 3.8) is 0 Å². The van der Waals surface area contributed by atoms with Gasteiger partial charge in [-0.3, -0.25) is 10.1 Å². The number of nitrogens with zero attached hydrogens (tertiary/aromatic N) is 2. The van der Waals surface area contributed by atoms with E-state index in [1.54, 1.807) is 30.3 Å². The van der Waals surface area contributed by atoms with E-state index < -0.39 is 4.92 Å². The number of anilines is 1. The topological polar surface area (TPSA) is 77.3 Å². The summed E-state index contributed by atoms with van der Waals surface area (Å²) in [6.07, 6.45) is 0. The van der Waals surface area contributed by atoms with Crippen molar-refractivity contribution in [3.8, 4) is 17.0 Å². The van der Waals surface area contributed by atoms with Gasteiger partial charge >= 0.3 is 0 Å². The first-order valence-corrected chi connectivity index (χ1v) is 6.78. The predicted molar refractivity (Wildman–Crippen MR) is 81.7 cm³/mol. The van der Waals surface area contributed by atoms with E-state index in [-0.39, 0.29) is 5.69 Å². The molecule has 1 heterocycles. The molecule has 0 aliphatic heterocycles. The molecule has 0 saturated heterocycles. The smallest absolute Gasteiger partial charge is 0.295 e. The fraction of sp³-hybridized carbons (Fsp3) is 0.267.